The highest BCUT2D eigenvalue weighted by Gasteiger charge is 2.18. The Morgan fingerprint density at radius 2 is 2.20 bits per heavy atom. The number of carbonyl (C=O) groups is 2. The first-order valence-corrected chi connectivity index (χ1v) is 6.08. The van der Waals surface area contributed by atoms with Gasteiger partial charge in [-0.1, -0.05) is 6.07 Å². The third-order valence-electron chi connectivity index (χ3n) is 3.07. The van der Waals surface area contributed by atoms with Crippen LogP contribution in [0.1, 0.15) is 15.9 Å². The van der Waals surface area contributed by atoms with Crippen LogP contribution in [-0.2, 0) is 11.2 Å². The number of nitrogens with one attached hydrogen (secondary N) is 2. The van der Waals surface area contributed by atoms with Crippen LogP contribution in [0.2, 0.25) is 0 Å². The fraction of sp³-hybridized carbons (Fsp3) is 0.0714. The van der Waals surface area contributed by atoms with Gasteiger partial charge in [-0.15, -0.1) is 0 Å². The second-order valence-electron chi connectivity index (χ2n) is 4.49. The van der Waals surface area contributed by atoms with Crippen LogP contribution in [0, 0.1) is 0 Å². The van der Waals surface area contributed by atoms with Crippen LogP contribution in [-0.4, -0.2) is 16.8 Å². The SMILES string of the molecule is NC(=O)c1cccnc1Nc1ccc2c(c1)NC(=O)C2. The number of carbonyl (C=O) groups excluding carboxylic acids is 2. The fourth-order valence-corrected chi connectivity index (χ4v) is 2.13. The number of hydrogen-bond donors (Lipinski definition) is 3. The van der Waals surface area contributed by atoms with Crippen LogP contribution in [0.15, 0.2) is 36.5 Å². The number of amides is 2. The van der Waals surface area contributed by atoms with Crippen molar-refractivity contribution in [2.45, 2.75) is 6.42 Å². The van der Waals surface area contributed by atoms with Gasteiger partial charge in [-0.3, -0.25) is 9.59 Å². The molecular formula is C14H12N4O2. The normalized spacial score (nSPS) is 12.7. The highest BCUT2D eigenvalue weighted by Crippen LogP contribution is 2.28. The smallest absolute Gasteiger partial charge is 0.252 e. The molecule has 20 heavy (non-hydrogen) atoms. The summed E-state index contributed by atoms with van der Waals surface area (Å²) in [5.41, 5.74) is 8.08. The second-order valence-corrected chi connectivity index (χ2v) is 4.49. The van der Waals surface area contributed by atoms with Crippen molar-refractivity contribution in [1.82, 2.24) is 4.98 Å². The molecule has 3 rings (SSSR count). The number of primary amides is 1. The van der Waals surface area contributed by atoms with Crippen molar-refractivity contribution < 1.29 is 9.59 Å². The molecule has 1 aromatic heterocycles. The van der Waals surface area contributed by atoms with Crippen LogP contribution in [0.3, 0.4) is 0 Å². The Morgan fingerprint density at radius 1 is 1.35 bits per heavy atom. The molecule has 100 valence electrons. The highest BCUT2D eigenvalue weighted by molar-refractivity contribution is 6.00. The summed E-state index contributed by atoms with van der Waals surface area (Å²) >= 11 is 0. The van der Waals surface area contributed by atoms with E-state index in [-0.39, 0.29) is 5.91 Å². The molecule has 6 heteroatoms. The number of benzene rings is 1. The predicted molar refractivity (Wildman–Crippen MR) is 74.8 cm³/mol. The number of pyridine rings is 1. The Morgan fingerprint density at radius 3 is 3.00 bits per heavy atom. The Kier molecular flexibility index (Phi) is 2.83. The average molecular weight is 268 g/mol. The van der Waals surface area contributed by atoms with Gasteiger partial charge in [0.2, 0.25) is 5.91 Å². The number of anilines is 3. The monoisotopic (exact) mass is 268 g/mol. The molecule has 1 aromatic carbocycles. The van der Waals surface area contributed by atoms with Gasteiger partial charge in [-0.25, -0.2) is 4.98 Å². The molecule has 0 saturated heterocycles. The van der Waals surface area contributed by atoms with Crippen molar-refractivity contribution in [3.63, 3.8) is 0 Å². The lowest BCUT2D eigenvalue weighted by molar-refractivity contribution is -0.115. The van der Waals surface area contributed by atoms with E-state index in [1.54, 1.807) is 24.4 Å². The van der Waals surface area contributed by atoms with Crippen molar-refractivity contribution in [3.05, 3.63) is 47.7 Å². The number of aromatic nitrogens is 1. The molecule has 0 aliphatic carbocycles. The summed E-state index contributed by atoms with van der Waals surface area (Å²) in [6.45, 7) is 0. The summed E-state index contributed by atoms with van der Waals surface area (Å²) in [6.07, 6.45) is 1.97. The molecule has 0 radical (unpaired) electrons. The van der Waals surface area contributed by atoms with Gasteiger partial charge in [-0.2, -0.15) is 0 Å². The number of fused-ring (bicyclic) bond motifs is 1. The Bertz CT molecular complexity index is 712. The molecule has 0 fully saturated rings. The fourth-order valence-electron chi connectivity index (χ4n) is 2.13. The largest absolute Gasteiger partial charge is 0.365 e. The van der Waals surface area contributed by atoms with Gasteiger partial charge in [0.25, 0.3) is 5.91 Å². The molecule has 4 N–H and O–H groups in total. The van der Waals surface area contributed by atoms with E-state index in [9.17, 15) is 9.59 Å². The maximum absolute atomic E-state index is 11.3. The summed E-state index contributed by atoms with van der Waals surface area (Å²) in [5.74, 6) is -0.174. The third kappa shape index (κ3) is 2.18. The molecule has 1 aliphatic heterocycles. The Labute approximate surface area is 115 Å². The van der Waals surface area contributed by atoms with Crippen LogP contribution < -0.4 is 16.4 Å². The summed E-state index contributed by atoms with van der Waals surface area (Å²) in [6, 6.07) is 8.75. The highest BCUT2D eigenvalue weighted by atomic mass is 16.2. The van der Waals surface area contributed by atoms with Gasteiger partial charge >= 0.3 is 0 Å². The van der Waals surface area contributed by atoms with Crippen molar-refractivity contribution in [2.75, 3.05) is 10.6 Å². The van der Waals surface area contributed by atoms with E-state index < -0.39 is 5.91 Å². The Balaban J connectivity index is 1.91. The molecule has 0 unspecified atom stereocenters. The zero-order valence-electron chi connectivity index (χ0n) is 10.5. The zero-order chi connectivity index (χ0) is 14.1. The van der Waals surface area contributed by atoms with E-state index in [1.807, 2.05) is 12.1 Å². The third-order valence-corrected chi connectivity index (χ3v) is 3.07. The summed E-state index contributed by atoms with van der Waals surface area (Å²) in [4.78, 5) is 26.7. The van der Waals surface area contributed by atoms with Crippen LogP contribution >= 0.6 is 0 Å². The molecular weight excluding hydrogens is 256 g/mol. The minimum absolute atomic E-state index is 0.0205. The van der Waals surface area contributed by atoms with E-state index in [4.69, 9.17) is 5.73 Å². The molecule has 2 aromatic rings. The van der Waals surface area contributed by atoms with Gasteiger partial charge in [0.05, 0.1) is 12.0 Å². The van der Waals surface area contributed by atoms with Gasteiger partial charge in [0.1, 0.15) is 5.82 Å². The summed E-state index contributed by atoms with van der Waals surface area (Å²) in [5, 5.41) is 5.81. The lowest BCUT2D eigenvalue weighted by Gasteiger charge is -2.09. The van der Waals surface area contributed by atoms with Crippen LogP contribution in [0.25, 0.3) is 0 Å². The lowest BCUT2D eigenvalue weighted by Crippen LogP contribution is -2.14. The predicted octanol–water partition coefficient (Wildman–Crippen LogP) is 1.42. The maximum atomic E-state index is 11.3. The zero-order valence-corrected chi connectivity index (χ0v) is 10.5. The Hall–Kier alpha value is -2.89. The average Bonchev–Trinajstić information content (AvgIpc) is 2.78. The van der Waals surface area contributed by atoms with Gasteiger partial charge in [0.15, 0.2) is 0 Å². The standard InChI is InChI=1S/C14H12N4O2/c15-13(20)10-2-1-5-16-14(10)17-9-4-3-8-6-12(19)18-11(8)7-9/h1-5,7H,6H2,(H2,15,20)(H,16,17)(H,18,19). The van der Waals surface area contributed by atoms with Gasteiger partial charge in [0, 0.05) is 17.6 Å². The van der Waals surface area contributed by atoms with Crippen LogP contribution in [0.5, 0.6) is 0 Å². The quantitative estimate of drug-likeness (QED) is 0.784. The van der Waals surface area contributed by atoms with Crippen molar-refractivity contribution in [3.8, 4) is 0 Å². The van der Waals surface area contributed by atoms with E-state index >= 15 is 0 Å². The first-order chi connectivity index (χ1) is 9.63. The number of rotatable bonds is 3. The molecule has 0 bridgehead atoms. The topological polar surface area (TPSA) is 97.1 Å². The number of hydrogen-bond acceptors (Lipinski definition) is 4. The van der Waals surface area contributed by atoms with Crippen molar-refractivity contribution >= 4 is 29.0 Å². The number of nitrogens with zero attached hydrogens (tertiary/aromatic N) is 1. The molecule has 1 aliphatic rings. The second kappa shape index (κ2) is 4.65. The van der Waals surface area contributed by atoms with Crippen molar-refractivity contribution in [1.29, 1.82) is 0 Å². The van der Waals surface area contributed by atoms with E-state index in [1.165, 1.54) is 0 Å². The summed E-state index contributed by atoms with van der Waals surface area (Å²) in [7, 11) is 0. The summed E-state index contributed by atoms with van der Waals surface area (Å²) < 4.78 is 0. The van der Waals surface area contributed by atoms with Crippen molar-refractivity contribution in [2.24, 2.45) is 5.73 Å². The van der Waals surface area contributed by atoms with E-state index in [0.29, 0.717) is 17.8 Å². The first kappa shape index (κ1) is 12.2. The maximum Gasteiger partial charge on any atom is 0.252 e. The molecule has 0 saturated carbocycles. The van der Waals surface area contributed by atoms with Gasteiger partial charge < -0.3 is 16.4 Å². The van der Waals surface area contributed by atoms with E-state index in [2.05, 4.69) is 15.6 Å². The molecule has 2 heterocycles. The van der Waals surface area contributed by atoms with Gasteiger partial charge in [-0.05, 0) is 29.8 Å². The minimum atomic E-state index is -0.546. The first-order valence-electron chi connectivity index (χ1n) is 6.08. The van der Waals surface area contributed by atoms with Crippen LogP contribution in [0.4, 0.5) is 17.2 Å². The lowest BCUT2D eigenvalue weighted by atomic mass is 10.1. The molecule has 6 nitrogen and oxygen atoms in total. The molecule has 0 spiro atoms. The molecule has 2 amide bonds. The molecule has 0 atom stereocenters. The number of nitrogens with two attached hydrogens (primary N) is 1. The minimum Gasteiger partial charge on any atom is -0.365 e. The van der Waals surface area contributed by atoms with E-state index in [0.717, 1.165) is 16.9 Å².